The maximum absolute atomic E-state index is 11.6. The molecule has 1 aliphatic heterocycles. The molecule has 230 valence electrons. The molecule has 0 aromatic carbocycles. The van der Waals surface area contributed by atoms with Crippen LogP contribution in [0.5, 0.6) is 0 Å². The molecule has 3 rings (SSSR count). The van der Waals surface area contributed by atoms with E-state index in [1.165, 1.54) is 12.1 Å². The van der Waals surface area contributed by atoms with Gasteiger partial charge in [-0.2, -0.15) is 0 Å². The molecule has 3 heterocycles. The maximum Gasteiger partial charge on any atom is 0.354 e. The molecule has 0 aliphatic carbocycles. The molecule has 2 aromatic rings. The fourth-order valence-electron chi connectivity index (χ4n) is 4.25. The molecule has 14 nitrogen and oxygen atoms in total. The summed E-state index contributed by atoms with van der Waals surface area (Å²) in [6.45, 7) is 6.42. The van der Waals surface area contributed by atoms with Gasteiger partial charge in [0.15, 0.2) is 0 Å². The van der Waals surface area contributed by atoms with Crippen LogP contribution in [0.2, 0.25) is 0 Å². The number of nitrogens with two attached hydrogens (primary N) is 1. The number of hydrogen-bond donors (Lipinski definition) is 3. The number of carbonyl (C=O) groups excluding carboxylic acids is 1. The second kappa shape index (κ2) is 18.1. The van der Waals surface area contributed by atoms with Crippen molar-refractivity contribution >= 4 is 17.8 Å². The fourth-order valence-corrected chi connectivity index (χ4v) is 4.25. The van der Waals surface area contributed by atoms with Crippen molar-refractivity contribution in [3.8, 4) is 0 Å². The highest BCUT2D eigenvalue weighted by molar-refractivity contribution is 5.86. The number of ether oxygens (including phenoxy) is 4. The molecular weight excluding hydrogens is 550 g/mol. The van der Waals surface area contributed by atoms with Crippen LogP contribution < -0.4 is 5.73 Å². The Morgan fingerprint density at radius 2 is 1.17 bits per heavy atom. The van der Waals surface area contributed by atoms with Crippen LogP contribution in [0, 0.1) is 0 Å². The minimum absolute atomic E-state index is 0.00660. The molecule has 0 bridgehead atoms. The zero-order chi connectivity index (χ0) is 30.2. The highest BCUT2D eigenvalue weighted by Gasteiger charge is 2.15. The van der Waals surface area contributed by atoms with E-state index in [9.17, 15) is 24.6 Å². The molecule has 1 amide bonds. The number of primary amides is 1. The second-order valence-corrected chi connectivity index (χ2v) is 9.62. The van der Waals surface area contributed by atoms with Crippen LogP contribution in [0.4, 0.5) is 0 Å². The van der Waals surface area contributed by atoms with Crippen LogP contribution in [0.15, 0.2) is 30.3 Å². The van der Waals surface area contributed by atoms with E-state index < -0.39 is 17.8 Å². The number of nitrogens with zero attached hydrogens (tertiary/aromatic N) is 4. The zero-order valence-corrected chi connectivity index (χ0v) is 23.6. The van der Waals surface area contributed by atoms with Gasteiger partial charge in [0.2, 0.25) is 5.91 Å². The first-order valence-electron chi connectivity index (χ1n) is 13.8. The number of amides is 1. The van der Waals surface area contributed by atoms with Crippen LogP contribution in [-0.2, 0) is 43.3 Å². The van der Waals surface area contributed by atoms with Gasteiger partial charge in [0.25, 0.3) is 0 Å². The molecule has 0 spiro atoms. The highest BCUT2D eigenvalue weighted by Crippen LogP contribution is 2.11. The molecule has 42 heavy (non-hydrogen) atoms. The summed E-state index contributed by atoms with van der Waals surface area (Å²) in [7, 11) is 0. The highest BCUT2D eigenvalue weighted by atomic mass is 16.5. The largest absolute Gasteiger partial charge is 0.477 e. The van der Waals surface area contributed by atoms with Crippen LogP contribution in [0.25, 0.3) is 0 Å². The second-order valence-electron chi connectivity index (χ2n) is 9.62. The molecule has 0 atom stereocenters. The van der Waals surface area contributed by atoms with Crippen molar-refractivity contribution in [3.63, 3.8) is 0 Å². The molecule has 1 fully saturated rings. The lowest BCUT2D eigenvalue weighted by atomic mass is 10.1. The number of aromatic carboxylic acids is 2. The van der Waals surface area contributed by atoms with Crippen molar-refractivity contribution in [3.05, 3.63) is 58.7 Å². The molecule has 0 unspecified atom stereocenters. The number of hydrogen-bond acceptors (Lipinski definition) is 11. The van der Waals surface area contributed by atoms with Gasteiger partial charge in [-0.1, -0.05) is 6.07 Å². The van der Waals surface area contributed by atoms with E-state index in [-0.39, 0.29) is 17.8 Å². The van der Waals surface area contributed by atoms with Gasteiger partial charge in [0, 0.05) is 39.3 Å². The normalized spacial score (nSPS) is 17.6. The third kappa shape index (κ3) is 12.5. The zero-order valence-electron chi connectivity index (χ0n) is 23.6. The molecule has 14 heteroatoms. The number of pyridine rings is 2. The van der Waals surface area contributed by atoms with Gasteiger partial charge in [-0.05, 0) is 29.8 Å². The smallest absolute Gasteiger partial charge is 0.354 e. The lowest BCUT2D eigenvalue weighted by Crippen LogP contribution is -2.33. The number of carboxylic acid groups (broad SMARTS) is 2. The minimum Gasteiger partial charge on any atom is -0.477 e. The number of rotatable bonds is 8. The van der Waals surface area contributed by atoms with Gasteiger partial charge < -0.3 is 34.9 Å². The summed E-state index contributed by atoms with van der Waals surface area (Å²) in [5, 5.41) is 18.7. The first kappa shape index (κ1) is 33.0. The third-order valence-electron chi connectivity index (χ3n) is 6.28. The Balaban J connectivity index is 1.53. The van der Waals surface area contributed by atoms with E-state index in [1.807, 2.05) is 4.90 Å². The predicted octanol–water partition coefficient (Wildman–Crippen LogP) is 0.285. The average molecular weight is 590 g/mol. The molecule has 2 aromatic heterocycles. The van der Waals surface area contributed by atoms with Gasteiger partial charge in [0.05, 0.1) is 70.7 Å². The average Bonchev–Trinajstić information content (AvgIpc) is 2.94. The Bertz CT molecular complexity index is 1150. The molecular formula is C28H39N5O9. The minimum atomic E-state index is -1.18. The fraction of sp³-hybridized carbons (Fsp3) is 0.536. The third-order valence-corrected chi connectivity index (χ3v) is 6.28. The summed E-state index contributed by atoms with van der Waals surface area (Å²) >= 11 is 0. The van der Waals surface area contributed by atoms with Gasteiger partial charge in [-0.15, -0.1) is 0 Å². The maximum atomic E-state index is 11.6. The van der Waals surface area contributed by atoms with Crippen molar-refractivity contribution in [2.75, 3.05) is 79.0 Å². The Kier molecular flexibility index (Phi) is 14.2. The standard InChI is InChI=1S/C28H39N5O9/c29-26(34)18-21-16-23(31-25(17-21)28(37)38)20-33-6-10-41-14-12-39-8-4-32(5-9-40-13-15-42-11-7-33)19-22-2-1-3-24(30-22)27(35)36/h1-3,16-17H,4-15,18-20H2,(H2,29,34)(H,35,36)(H,37,38). The van der Waals surface area contributed by atoms with Gasteiger partial charge in [0.1, 0.15) is 11.4 Å². The molecule has 0 saturated carbocycles. The quantitative estimate of drug-likeness (QED) is 0.382. The SMILES string of the molecule is NC(=O)Cc1cc(CN2CCOCCOCCN(Cc3cccc(C(=O)O)n3)CCOCCOCC2)nc(C(=O)O)c1. The lowest BCUT2D eigenvalue weighted by Gasteiger charge is -2.23. The van der Waals surface area contributed by atoms with Gasteiger partial charge in [-0.25, -0.2) is 19.6 Å². The van der Waals surface area contributed by atoms with Crippen molar-refractivity contribution < 1.29 is 43.5 Å². The number of aromatic nitrogens is 2. The van der Waals surface area contributed by atoms with Crippen molar-refractivity contribution in [2.24, 2.45) is 5.73 Å². The van der Waals surface area contributed by atoms with Crippen molar-refractivity contribution in [1.82, 2.24) is 19.8 Å². The van der Waals surface area contributed by atoms with E-state index in [2.05, 4.69) is 14.9 Å². The monoisotopic (exact) mass is 589 g/mol. The summed E-state index contributed by atoms with van der Waals surface area (Å²) < 4.78 is 23.0. The Morgan fingerprint density at radius 3 is 1.64 bits per heavy atom. The van der Waals surface area contributed by atoms with Crippen LogP contribution >= 0.6 is 0 Å². The van der Waals surface area contributed by atoms with Crippen molar-refractivity contribution in [2.45, 2.75) is 19.5 Å². The molecule has 0 radical (unpaired) electrons. The first-order valence-corrected chi connectivity index (χ1v) is 13.8. The Labute approximate surface area is 244 Å². The first-order chi connectivity index (χ1) is 20.3. The topological polar surface area (TPSA) is 187 Å². The predicted molar refractivity (Wildman–Crippen MR) is 149 cm³/mol. The number of carboxylic acids is 2. The van der Waals surface area contributed by atoms with E-state index in [0.717, 1.165) is 0 Å². The Hall–Kier alpha value is -3.53. The van der Waals surface area contributed by atoms with E-state index in [0.29, 0.717) is 109 Å². The molecule has 4 N–H and O–H groups in total. The summed E-state index contributed by atoms with van der Waals surface area (Å²) in [4.78, 5) is 46.8. The van der Waals surface area contributed by atoms with Crippen LogP contribution in [-0.4, -0.2) is 127 Å². The van der Waals surface area contributed by atoms with Crippen LogP contribution in [0.1, 0.15) is 37.9 Å². The summed E-state index contributed by atoms with van der Waals surface area (Å²) in [6.07, 6.45) is -0.0748. The lowest BCUT2D eigenvalue weighted by molar-refractivity contribution is -0.117. The Morgan fingerprint density at radius 1 is 0.690 bits per heavy atom. The van der Waals surface area contributed by atoms with Crippen molar-refractivity contribution in [1.29, 1.82) is 0 Å². The van der Waals surface area contributed by atoms with E-state index >= 15 is 0 Å². The number of carbonyl (C=O) groups is 3. The van der Waals surface area contributed by atoms with E-state index in [4.69, 9.17) is 24.7 Å². The summed E-state index contributed by atoms with van der Waals surface area (Å²) in [5.41, 5.74) is 6.83. The van der Waals surface area contributed by atoms with Crippen LogP contribution in [0.3, 0.4) is 0 Å². The summed E-state index contributed by atoms with van der Waals surface area (Å²) in [6, 6.07) is 7.99. The van der Waals surface area contributed by atoms with Gasteiger partial charge >= 0.3 is 11.9 Å². The molecule has 1 aliphatic rings. The molecule has 1 saturated heterocycles. The summed E-state index contributed by atoms with van der Waals surface area (Å²) in [5.74, 6) is -2.80. The van der Waals surface area contributed by atoms with Gasteiger partial charge in [-0.3, -0.25) is 14.6 Å². The van der Waals surface area contributed by atoms with E-state index in [1.54, 1.807) is 18.2 Å².